The number of nitrogens with zero attached hydrogens (tertiary/aromatic N) is 4. The van der Waals surface area contributed by atoms with E-state index < -0.39 is 5.41 Å². The molecule has 0 unspecified atom stereocenters. The normalized spacial score (nSPS) is 11.6. The van der Waals surface area contributed by atoms with Crippen LogP contribution in [0.25, 0.3) is 12.2 Å². The van der Waals surface area contributed by atoms with Gasteiger partial charge in [-0.1, -0.05) is 11.2 Å². The van der Waals surface area contributed by atoms with Crippen LogP contribution in [0.2, 0.25) is 0 Å². The molecule has 19 heavy (non-hydrogen) atoms. The van der Waals surface area contributed by atoms with Crippen molar-refractivity contribution in [1.82, 2.24) is 15.1 Å². The third-order valence-corrected chi connectivity index (χ3v) is 2.47. The van der Waals surface area contributed by atoms with E-state index in [1.165, 1.54) is 0 Å². The fraction of sp³-hybridized carbons (Fsp3) is 0.286. The lowest BCUT2D eigenvalue weighted by Crippen LogP contribution is -2.11. The molecular formula is C14H14N4O. The molecule has 0 aliphatic rings. The summed E-state index contributed by atoms with van der Waals surface area (Å²) in [5.74, 6) is 0.946. The number of rotatable bonds is 4. The number of hydrogen-bond donors (Lipinski definition) is 0. The first-order valence-electron chi connectivity index (χ1n) is 5.92. The lowest BCUT2D eigenvalue weighted by Gasteiger charge is -2.10. The zero-order chi connectivity index (χ0) is 13.7. The van der Waals surface area contributed by atoms with Gasteiger partial charge in [0.25, 0.3) is 0 Å². The van der Waals surface area contributed by atoms with Crippen molar-refractivity contribution < 1.29 is 4.52 Å². The molecule has 0 radical (unpaired) electrons. The number of nitriles is 1. The molecule has 5 heteroatoms. The Bertz CT molecular complexity index is 608. The van der Waals surface area contributed by atoms with Crippen molar-refractivity contribution in [2.24, 2.45) is 5.41 Å². The summed E-state index contributed by atoms with van der Waals surface area (Å²) in [5.41, 5.74) is 0.320. The van der Waals surface area contributed by atoms with Gasteiger partial charge in [0.2, 0.25) is 5.89 Å². The molecule has 0 saturated heterocycles. The third-order valence-electron chi connectivity index (χ3n) is 2.47. The topological polar surface area (TPSA) is 75.6 Å². The minimum atomic E-state index is -0.505. The molecule has 5 nitrogen and oxygen atoms in total. The van der Waals surface area contributed by atoms with Gasteiger partial charge >= 0.3 is 0 Å². The molecule has 0 aliphatic heterocycles. The second kappa shape index (κ2) is 5.44. The predicted molar refractivity (Wildman–Crippen MR) is 70.6 cm³/mol. The van der Waals surface area contributed by atoms with Crippen molar-refractivity contribution in [3.05, 3.63) is 41.8 Å². The highest BCUT2D eigenvalue weighted by atomic mass is 16.5. The average Bonchev–Trinajstić information content (AvgIpc) is 2.84. The molecule has 0 atom stereocenters. The van der Waals surface area contributed by atoms with E-state index in [4.69, 9.17) is 9.78 Å². The fourth-order valence-corrected chi connectivity index (χ4v) is 1.46. The van der Waals surface area contributed by atoms with Crippen LogP contribution in [0.4, 0.5) is 0 Å². The second-order valence-electron chi connectivity index (χ2n) is 4.81. The number of hydrogen-bond acceptors (Lipinski definition) is 5. The maximum atomic E-state index is 8.95. The largest absolute Gasteiger partial charge is 0.339 e. The Morgan fingerprint density at radius 1 is 1.37 bits per heavy atom. The molecule has 0 spiro atoms. The van der Waals surface area contributed by atoms with Gasteiger partial charge in [-0.2, -0.15) is 10.2 Å². The Labute approximate surface area is 111 Å². The average molecular weight is 254 g/mol. The van der Waals surface area contributed by atoms with E-state index in [2.05, 4.69) is 21.2 Å². The van der Waals surface area contributed by atoms with Gasteiger partial charge in [0.15, 0.2) is 5.82 Å². The molecule has 96 valence electrons. The van der Waals surface area contributed by atoms with Crippen LogP contribution in [0.15, 0.2) is 28.9 Å². The number of aromatic nitrogens is 3. The van der Waals surface area contributed by atoms with Gasteiger partial charge < -0.3 is 4.52 Å². The van der Waals surface area contributed by atoms with Crippen LogP contribution >= 0.6 is 0 Å². The Morgan fingerprint density at radius 2 is 2.21 bits per heavy atom. The van der Waals surface area contributed by atoms with E-state index in [9.17, 15) is 0 Å². The van der Waals surface area contributed by atoms with Crippen LogP contribution in [-0.2, 0) is 6.42 Å². The minimum absolute atomic E-state index is 0.438. The van der Waals surface area contributed by atoms with E-state index >= 15 is 0 Å². The molecule has 2 aromatic rings. The van der Waals surface area contributed by atoms with E-state index in [1.54, 1.807) is 12.3 Å². The molecule has 0 aromatic carbocycles. The SMILES string of the molecule is CC(C)(C#N)Cc1nc(/C=C/c2ccccn2)no1. The van der Waals surface area contributed by atoms with Crippen molar-refractivity contribution >= 4 is 12.2 Å². The zero-order valence-corrected chi connectivity index (χ0v) is 10.9. The van der Waals surface area contributed by atoms with Crippen molar-refractivity contribution in [1.29, 1.82) is 5.26 Å². The lowest BCUT2D eigenvalue weighted by atomic mass is 9.91. The quantitative estimate of drug-likeness (QED) is 0.838. The summed E-state index contributed by atoms with van der Waals surface area (Å²) in [7, 11) is 0. The maximum absolute atomic E-state index is 8.95. The summed E-state index contributed by atoms with van der Waals surface area (Å²) >= 11 is 0. The first-order valence-corrected chi connectivity index (χ1v) is 5.92. The highest BCUT2D eigenvalue weighted by Crippen LogP contribution is 2.19. The van der Waals surface area contributed by atoms with Crippen LogP contribution in [0.1, 0.15) is 31.3 Å². The van der Waals surface area contributed by atoms with Crippen molar-refractivity contribution in [2.75, 3.05) is 0 Å². The van der Waals surface area contributed by atoms with E-state index in [1.807, 2.05) is 38.1 Å². The zero-order valence-electron chi connectivity index (χ0n) is 10.9. The molecule has 0 saturated carbocycles. The van der Waals surface area contributed by atoms with Crippen LogP contribution < -0.4 is 0 Å². The maximum Gasteiger partial charge on any atom is 0.228 e. The highest BCUT2D eigenvalue weighted by Gasteiger charge is 2.21. The molecule has 0 amide bonds. The smallest absolute Gasteiger partial charge is 0.228 e. The summed E-state index contributed by atoms with van der Waals surface area (Å²) in [6.45, 7) is 3.67. The highest BCUT2D eigenvalue weighted by molar-refractivity contribution is 5.64. The van der Waals surface area contributed by atoms with Gasteiger partial charge in [0.1, 0.15) is 0 Å². The third kappa shape index (κ3) is 3.75. The van der Waals surface area contributed by atoms with Crippen molar-refractivity contribution in [3.8, 4) is 6.07 Å². The predicted octanol–water partition coefficient (Wildman–Crippen LogP) is 2.73. The van der Waals surface area contributed by atoms with E-state index in [0.717, 1.165) is 5.69 Å². The lowest BCUT2D eigenvalue weighted by molar-refractivity contribution is 0.338. The van der Waals surface area contributed by atoms with Gasteiger partial charge in [-0.25, -0.2) is 0 Å². The molecular weight excluding hydrogens is 240 g/mol. The first kappa shape index (κ1) is 13.0. The second-order valence-corrected chi connectivity index (χ2v) is 4.81. The van der Waals surface area contributed by atoms with Gasteiger partial charge in [-0.3, -0.25) is 4.98 Å². The van der Waals surface area contributed by atoms with Crippen LogP contribution in [0.5, 0.6) is 0 Å². The molecule has 2 aromatic heterocycles. The van der Waals surface area contributed by atoms with Crippen LogP contribution in [-0.4, -0.2) is 15.1 Å². The van der Waals surface area contributed by atoms with Gasteiger partial charge in [0.05, 0.1) is 17.2 Å². The van der Waals surface area contributed by atoms with Crippen molar-refractivity contribution in [2.45, 2.75) is 20.3 Å². The molecule has 0 aliphatic carbocycles. The molecule has 0 bridgehead atoms. The Morgan fingerprint density at radius 3 is 2.89 bits per heavy atom. The summed E-state index contributed by atoms with van der Waals surface area (Å²) in [4.78, 5) is 8.37. The Kier molecular flexibility index (Phi) is 3.71. The minimum Gasteiger partial charge on any atom is -0.339 e. The molecule has 0 fully saturated rings. The molecule has 2 heterocycles. The van der Waals surface area contributed by atoms with Gasteiger partial charge in [0, 0.05) is 12.6 Å². The van der Waals surface area contributed by atoms with Crippen LogP contribution in [0.3, 0.4) is 0 Å². The standard InChI is InChI=1S/C14H14N4O/c1-14(2,10-15)9-13-17-12(18-19-13)7-6-11-5-3-4-8-16-11/h3-8H,9H2,1-2H3/b7-6+. The number of pyridine rings is 1. The van der Waals surface area contributed by atoms with Gasteiger partial charge in [-0.05, 0) is 38.1 Å². The molecule has 2 rings (SSSR count). The van der Waals surface area contributed by atoms with Crippen LogP contribution in [0, 0.1) is 16.7 Å². The van der Waals surface area contributed by atoms with E-state index in [0.29, 0.717) is 18.1 Å². The fourth-order valence-electron chi connectivity index (χ4n) is 1.46. The summed E-state index contributed by atoms with van der Waals surface area (Å²) in [6, 6.07) is 7.85. The monoisotopic (exact) mass is 254 g/mol. The summed E-state index contributed by atoms with van der Waals surface area (Å²) < 4.78 is 5.11. The van der Waals surface area contributed by atoms with E-state index in [-0.39, 0.29) is 0 Å². The first-order chi connectivity index (χ1) is 9.09. The summed E-state index contributed by atoms with van der Waals surface area (Å²) in [6.07, 6.45) is 5.70. The Balaban J connectivity index is 2.06. The van der Waals surface area contributed by atoms with Crippen molar-refractivity contribution in [3.63, 3.8) is 0 Å². The molecule has 0 N–H and O–H groups in total. The summed E-state index contributed by atoms with van der Waals surface area (Å²) in [5, 5.41) is 12.8. The Hall–Kier alpha value is -2.48. The van der Waals surface area contributed by atoms with Gasteiger partial charge in [-0.15, -0.1) is 0 Å².